The van der Waals surface area contributed by atoms with Gasteiger partial charge in [-0.1, -0.05) is 19.1 Å². The summed E-state index contributed by atoms with van der Waals surface area (Å²) in [6.45, 7) is 10.9. The minimum Gasteiger partial charge on any atom is -0.420 e. The fourth-order valence-electron chi connectivity index (χ4n) is 6.87. The van der Waals surface area contributed by atoms with Crippen molar-refractivity contribution in [2.45, 2.75) is 57.2 Å². The molecule has 0 fully saturated rings. The minimum absolute atomic E-state index is 0.0167. The molecule has 24 nitrogen and oxygen atoms in total. The number of nitrogens with zero attached hydrogens (tertiary/aromatic N) is 4. The Morgan fingerprint density at radius 2 is 1.20 bits per heavy atom. The van der Waals surface area contributed by atoms with E-state index in [9.17, 15) is 40.7 Å². The number of halogens is 4. The normalized spacial score (nSPS) is 12.9. The zero-order chi connectivity index (χ0) is 58.0. The zero-order valence-electron chi connectivity index (χ0n) is 44.8. The van der Waals surface area contributed by atoms with E-state index in [1.807, 2.05) is 32.0 Å². The van der Waals surface area contributed by atoms with Gasteiger partial charge in [0.05, 0.1) is 157 Å². The highest BCUT2D eigenvalue weighted by atomic mass is 32.2. The highest BCUT2D eigenvalue weighted by Gasteiger charge is 2.34. The van der Waals surface area contributed by atoms with Crippen LogP contribution in [0.4, 0.5) is 23.2 Å². The number of nitrogens with two attached hydrogens (primary N) is 1. The Kier molecular flexibility index (Phi) is 32.4. The summed E-state index contributed by atoms with van der Waals surface area (Å²) >= 11 is 0. The van der Waals surface area contributed by atoms with Crippen LogP contribution in [0.2, 0.25) is 0 Å². The number of hydrogen-bond donors (Lipinski definition) is 4. The molecule has 1 aromatic heterocycles. The number of aliphatic imine (C=N–C) groups is 1. The van der Waals surface area contributed by atoms with E-state index < -0.39 is 62.7 Å². The van der Waals surface area contributed by atoms with Crippen molar-refractivity contribution < 1.29 is 102 Å². The second-order valence-corrected chi connectivity index (χ2v) is 18.2. The van der Waals surface area contributed by atoms with Gasteiger partial charge in [0.2, 0.25) is 17.4 Å². The lowest BCUT2D eigenvalue weighted by Gasteiger charge is -2.21. The maximum Gasteiger partial charge on any atom is 0.313 e. The molecule has 1 atom stereocenters. The quantitative estimate of drug-likeness (QED) is 0.00913. The first kappa shape index (κ1) is 67.3. The van der Waals surface area contributed by atoms with Crippen LogP contribution >= 0.6 is 0 Å². The number of benzene rings is 2. The van der Waals surface area contributed by atoms with Gasteiger partial charge in [-0.3, -0.25) is 24.3 Å². The van der Waals surface area contributed by atoms with Crippen LogP contribution in [0, 0.1) is 23.3 Å². The van der Waals surface area contributed by atoms with Crippen LogP contribution in [0.5, 0.6) is 5.75 Å². The van der Waals surface area contributed by atoms with Gasteiger partial charge in [0.1, 0.15) is 12.1 Å². The van der Waals surface area contributed by atoms with Crippen LogP contribution in [0.1, 0.15) is 50.8 Å². The van der Waals surface area contributed by atoms with E-state index in [2.05, 4.69) is 25.0 Å². The van der Waals surface area contributed by atoms with Crippen molar-refractivity contribution in [2.24, 2.45) is 10.7 Å². The molecule has 0 radical (unpaired) electrons. The smallest absolute Gasteiger partial charge is 0.313 e. The first-order valence-electron chi connectivity index (χ1n) is 25.8. The van der Waals surface area contributed by atoms with Gasteiger partial charge in [0.25, 0.3) is 5.91 Å². The van der Waals surface area contributed by atoms with E-state index in [0.29, 0.717) is 154 Å². The largest absolute Gasteiger partial charge is 0.420 e. The number of fused-ring (bicyclic) bond motifs is 1. The summed E-state index contributed by atoms with van der Waals surface area (Å²) in [7, 11) is -5.65. The average molecular weight is 1170 g/mol. The number of hydroxylamine groups is 2. The number of amidine groups is 1. The third-order valence-electron chi connectivity index (χ3n) is 10.7. The molecule has 3 aromatic rings. The molecule has 80 heavy (non-hydrogen) atoms. The van der Waals surface area contributed by atoms with Gasteiger partial charge in [-0.2, -0.15) is 17.2 Å². The van der Waals surface area contributed by atoms with Crippen molar-refractivity contribution in [1.82, 2.24) is 20.3 Å². The predicted molar refractivity (Wildman–Crippen MR) is 277 cm³/mol. The molecule has 0 spiro atoms. The molecule has 1 amide bonds. The molecular weight excluding hydrogens is 1090 g/mol. The van der Waals surface area contributed by atoms with Gasteiger partial charge in [-0.25, -0.2) is 28.8 Å². The zero-order valence-corrected chi connectivity index (χ0v) is 45.7. The first-order valence-corrected chi connectivity index (χ1v) is 27.3. The Labute approximate surface area is 461 Å². The summed E-state index contributed by atoms with van der Waals surface area (Å²) in [6.07, 6.45) is 3.34. The highest BCUT2D eigenvalue weighted by molar-refractivity contribution is 7.85. The third-order valence-corrected chi connectivity index (χ3v) is 11.6. The van der Waals surface area contributed by atoms with Crippen LogP contribution in [-0.2, 0) is 78.5 Å². The number of carbonyl (C=O) groups is 2. The second-order valence-electron chi connectivity index (χ2n) is 16.8. The lowest BCUT2D eigenvalue weighted by atomic mass is 10.0. The average Bonchev–Trinajstić information content (AvgIpc) is 3.72. The van der Waals surface area contributed by atoms with Crippen molar-refractivity contribution in [3.05, 3.63) is 70.6 Å². The minimum atomic E-state index is -5.65. The number of aliphatic hydroxyl groups is 1. The monoisotopic (exact) mass is 1160 g/mol. The molecule has 0 saturated carbocycles. The third kappa shape index (κ3) is 25.3. The predicted octanol–water partition coefficient (Wildman–Crippen LogP) is 3.87. The molecule has 1 aliphatic rings. The van der Waals surface area contributed by atoms with Crippen LogP contribution in [-0.4, -0.2) is 202 Å². The molecular formula is C51H72F4N6O18S. The number of hydrogen-bond acceptors (Lipinski definition) is 22. The standard InChI is InChI=1S/C51H72F4N6O18S/c1-3-11-61(78-4-2)51(64)38-32-36-5-6-37(33-40(36)60-41(56)34-38)50-57-10-7-39(59-50)35-58-42(62)8-12-68-14-16-70-18-20-72-22-24-74-26-28-76-30-31-77-29-27-75-25-23-73-21-19-71-17-15-69-13-9-43(63)79-48-44(52)46(54)49(80(65,66)67)47(55)45(48)53/h5-7,10,32-33,42,58,62H,3-4,8-9,11-31,34-35H2,1-2H3,(H2,56,60)(H,65,66,67). The van der Waals surface area contributed by atoms with Crippen LogP contribution in [0.3, 0.4) is 0 Å². The van der Waals surface area contributed by atoms with E-state index in [0.717, 1.165) is 17.5 Å². The van der Waals surface area contributed by atoms with Crippen molar-refractivity contribution in [3.63, 3.8) is 0 Å². The number of amides is 1. The molecule has 1 unspecified atom stereocenters. The topological polar surface area (TPSA) is 299 Å². The number of esters is 1. The molecule has 29 heteroatoms. The summed E-state index contributed by atoms with van der Waals surface area (Å²) in [5.41, 5.74) is 9.46. The summed E-state index contributed by atoms with van der Waals surface area (Å²) in [5.74, 6) is -12.1. The van der Waals surface area contributed by atoms with Crippen LogP contribution < -0.4 is 15.8 Å². The van der Waals surface area contributed by atoms with Gasteiger partial charge in [0, 0.05) is 48.8 Å². The molecule has 448 valence electrons. The maximum absolute atomic E-state index is 14.0. The fraction of sp³-hybridized carbons (Fsp3) is 0.588. The van der Waals surface area contributed by atoms with Crippen molar-refractivity contribution in [1.29, 1.82) is 0 Å². The fourth-order valence-corrected chi connectivity index (χ4v) is 7.51. The summed E-state index contributed by atoms with van der Waals surface area (Å²) in [6, 6.07) is 7.32. The van der Waals surface area contributed by atoms with Gasteiger partial charge in [-0.05, 0) is 31.6 Å². The Balaban J connectivity index is 0.867. The molecule has 4 rings (SSSR count). The molecule has 2 heterocycles. The Hall–Kier alpha value is -5.22. The Morgan fingerprint density at radius 3 is 1.68 bits per heavy atom. The number of rotatable bonds is 44. The summed E-state index contributed by atoms with van der Waals surface area (Å²) in [5, 5.41) is 14.9. The lowest BCUT2D eigenvalue weighted by molar-refractivity contribution is -0.180. The van der Waals surface area contributed by atoms with Gasteiger partial charge < -0.3 is 62.9 Å². The van der Waals surface area contributed by atoms with Gasteiger partial charge >= 0.3 is 16.1 Å². The van der Waals surface area contributed by atoms with Crippen molar-refractivity contribution in [2.75, 3.05) is 145 Å². The van der Waals surface area contributed by atoms with Crippen LogP contribution in [0.15, 0.2) is 45.9 Å². The molecule has 2 aromatic carbocycles. The SMILES string of the molecule is CCCN(OCC)C(=O)C1=Cc2ccc(-c3nccc(CNC(O)CCOCCOCCOCCOCCOCCOCCOCCOCCOCCOCCC(=O)Oc4c(F)c(F)c(S(=O)(=O)O)c(F)c4F)n3)cc2N=C(N)C1. The van der Waals surface area contributed by atoms with Crippen molar-refractivity contribution >= 4 is 39.6 Å². The Bertz CT molecular complexity index is 2490. The number of aromatic nitrogens is 2. The van der Waals surface area contributed by atoms with Gasteiger partial charge in [-0.15, -0.1) is 0 Å². The number of nitrogens with one attached hydrogen (secondary N) is 1. The van der Waals surface area contributed by atoms with E-state index in [1.165, 1.54) is 5.06 Å². The number of carbonyl (C=O) groups excluding carboxylic acids is 2. The molecule has 0 bridgehead atoms. The van der Waals surface area contributed by atoms with Gasteiger partial charge in [0.15, 0.2) is 22.4 Å². The highest BCUT2D eigenvalue weighted by Crippen LogP contribution is 2.33. The first-order chi connectivity index (χ1) is 38.6. The molecule has 5 N–H and O–H groups in total. The maximum atomic E-state index is 14.0. The van der Waals surface area contributed by atoms with E-state index >= 15 is 0 Å². The van der Waals surface area contributed by atoms with Crippen LogP contribution in [0.25, 0.3) is 17.5 Å². The molecule has 1 aliphatic heterocycles. The second kappa shape index (κ2) is 38.5. The Morgan fingerprint density at radius 1 is 0.713 bits per heavy atom. The van der Waals surface area contributed by atoms with E-state index in [4.69, 9.17) is 62.5 Å². The molecule has 0 saturated heterocycles. The summed E-state index contributed by atoms with van der Waals surface area (Å²) < 4.78 is 145. The van der Waals surface area contributed by atoms with E-state index in [1.54, 1.807) is 18.3 Å². The molecule has 0 aliphatic carbocycles. The summed E-state index contributed by atoms with van der Waals surface area (Å²) in [4.78, 5) is 42.0. The van der Waals surface area contributed by atoms with Crippen molar-refractivity contribution in [3.8, 4) is 17.1 Å². The number of aliphatic hydroxyl groups excluding tert-OH is 1. The number of ether oxygens (including phenoxy) is 11. The van der Waals surface area contributed by atoms with E-state index in [-0.39, 0.29) is 45.4 Å². The lowest BCUT2D eigenvalue weighted by Crippen LogP contribution is -2.34.